The summed E-state index contributed by atoms with van der Waals surface area (Å²) < 4.78 is 18.4. The Balaban J connectivity index is 1.74. The van der Waals surface area contributed by atoms with Crippen molar-refractivity contribution in [2.75, 3.05) is 20.3 Å². The molecule has 22 heavy (non-hydrogen) atoms. The second-order valence-corrected chi connectivity index (χ2v) is 6.27. The van der Waals surface area contributed by atoms with Crippen molar-refractivity contribution in [2.45, 2.75) is 45.6 Å². The number of hydrogen-bond acceptors (Lipinski definition) is 2. The van der Waals surface area contributed by atoms with E-state index in [9.17, 15) is 9.18 Å². The van der Waals surface area contributed by atoms with Crippen molar-refractivity contribution in [3.05, 3.63) is 35.1 Å². The molecular formula is C18H26FNO2. The summed E-state index contributed by atoms with van der Waals surface area (Å²) in [5.74, 6) is 0.647. The van der Waals surface area contributed by atoms with Crippen molar-refractivity contribution >= 4 is 5.91 Å². The molecule has 0 unspecified atom stereocenters. The highest BCUT2D eigenvalue weighted by atomic mass is 19.1. The number of ether oxygens (including phenoxy) is 1. The second kappa shape index (κ2) is 8.28. The van der Waals surface area contributed by atoms with Crippen LogP contribution < -0.4 is 0 Å². The number of aryl methyl sites for hydroxylation is 1. The van der Waals surface area contributed by atoms with Crippen molar-refractivity contribution in [3.63, 3.8) is 0 Å². The van der Waals surface area contributed by atoms with Crippen molar-refractivity contribution in [2.24, 2.45) is 5.92 Å². The van der Waals surface area contributed by atoms with Gasteiger partial charge in [0.05, 0.1) is 0 Å². The molecule has 1 heterocycles. The van der Waals surface area contributed by atoms with Gasteiger partial charge in [-0.2, -0.15) is 0 Å². The number of rotatable bonds is 6. The van der Waals surface area contributed by atoms with Crippen LogP contribution in [0.2, 0.25) is 0 Å². The smallest absolute Gasteiger partial charge is 0.222 e. The molecule has 0 aliphatic carbocycles. The van der Waals surface area contributed by atoms with Gasteiger partial charge in [-0.05, 0) is 61.8 Å². The van der Waals surface area contributed by atoms with Gasteiger partial charge in [-0.15, -0.1) is 0 Å². The lowest BCUT2D eigenvalue weighted by atomic mass is 9.94. The quantitative estimate of drug-likeness (QED) is 0.802. The fraction of sp³-hybridized carbons (Fsp3) is 0.611. The summed E-state index contributed by atoms with van der Waals surface area (Å²) in [6.07, 6.45) is 4.89. The molecule has 0 N–H and O–H groups in total. The first-order valence-corrected chi connectivity index (χ1v) is 8.13. The number of nitrogens with zero attached hydrogens (tertiary/aromatic N) is 1. The number of carbonyl (C=O) groups is 1. The fourth-order valence-electron chi connectivity index (χ4n) is 2.95. The predicted molar refractivity (Wildman–Crippen MR) is 85.0 cm³/mol. The van der Waals surface area contributed by atoms with Crippen LogP contribution in [0.15, 0.2) is 18.2 Å². The second-order valence-electron chi connectivity index (χ2n) is 6.27. The molecule has 4 heteroatoms. The van der Waals surface area contributed by atoms with E-state index in [-0.39, 0.29) is 11.7 Å². The van der Waals surface area contributed by atoms with E-state index in [2.05, 4.69) is 0 Å². The Hall–Kier alpha value is -1.42. The molecule has 0 bridgehead atoms. The number of hydrogen-bond donors (Lipinski definition) is 0. The summed E-state index contributed by atoms with van der Waals surface area (Å²) in [5.41, 5.74) is 1.89. The molecule has 3 nitrogen and oxygen atoms in total. The number of halogens is 1. The first-order valence-electron chi connectivity index (χ1n) is 8.13. The molecule has 1 aromatic rings. The Labute approximate surface area is 132 Å². The monoisotopic (exact) mass is 307 g/mol. The van der Waals surface area contributed by atoms with E-state index in [0.717, 1.165) is 50.0 Å². The molecule has 0 spiro atoms. The van der Waals surface area contributed by atoms with Crippen LogP contribution in [-0.2, 0) is 16.1 Å². The van der Waals surface area contributed by atoms with Gasteiger partial charge in [0.1, 0.15) is 5.82 Å². The molecule has 0 aromatic heterocycles. The van der Waals surface area contributed by atoms with Gasteiger partial charge in [-0.3, -0.25) is 4.79 Å². The van der Waals surface area contributed by atoms with Crippen molar-refractivity contribution in [3.8, 4) is 0 Å². The lowest BCUT2D eigenvalue weighted by Gasteiger charge is -2.22. The molecule has 1 aromatic carbocycles. The van der Waals surface area contributed by atoms with Crippen molar-refractivity contribution < 1.29 is 13.9 Å². The molecule has 0 saturated carbocycles. The fourth-order valence-corrected chi connectivity index (χ4v) is 2.95. The highest BCUT2D eigenvalue weighted by molar-refractivity contribution is 5.75. The Morgan fingerprint density at radius 1 is 1.36 bits per heavy atom. The van der Waals surface area contributed by atoms with Crippen LogP contribution in [0.25, 0.3) is 0 Å². The van der Waals surface area contributed by atoms with Gasteiger partial charge in [0.15, 0.2) is 0 Å². The van der Waals surface area contributed by atoms with Gasteiger partial charge < -0.3 is 9.64 Å². The van der Waals surface area contributed by atoms with E-state index in [0.29, 0.717) is 18.9 Å². The van der Waals surface area contributed by atoms with Crippen molar-refractivity contribution in [1.29, 1.82) is 0 Å². The van der Waals surface area contributed by atoms with Crippen LogP contribution in [0.4, 0.5) is 4.39 Å². The average molecular weight is 307 g/mol. The van der Waals surface area contributed by atoms with Gasteiger partial charge in [0, 0.05) is 33.2 Å². The number of benzene rings is 1. The largest absolute Gasteiger partial charge is 0.381 e. The van der Waals surface area contributed by atoms with Crippen LogP contribution in [0.5, 0.6) is 0 Å². The molecule has 1 amide bonds. The molecule has 1 aliphatic heterocycles. The van der Waals surface area contributed by atoms with Gasteiger partial charge in [-0.1, -0.05) is 6.07 Å². The molecule has 1 fully saturated rings. The molecule has 0 radical (unpaired) electrons. The van der Waals surface area contributed by atoms with Gasteiger partial charge in [0.25, 0.3) is 0 Å². The Bertz CT molecular complexity index is 498. The summed E-state index contributed by atoms with van der Waals surface area (Å²) in [6, 6.07) is 4.72. The van der Waals surface area contributed by atoms with Crippen LogP contribution in [0.3, 0.4) is 0 Å². The zero-order valence-electron chi connectivity index (χ0n) is 13.6. The Kier molecular flexibility index (Phi) is 6.37. The minimum Gasteiger partial charge on any atom is -0.381 e. The van der Waals surface area contributed by atoms with Gasteiger partial charge >= 0.3 is 0 Å². The first kappa shape index (κ1) is 16.9. The lowest BCUT2D eigenvalue weighted by molar-refractivity contribution is -0.130. The van der Waals surface area contributed by atoms with Crippen LogP contribution in [-0.4, -0.2) is 31.1 Å². The maximum absolute atomic E-state index is 13.1. The summed E-state index contributed by atoms with van der Waals surface area (Å²) in [7, 11) is 1.82. The third-order valence-electron chi connectivity index (χ3n) is 4.48. The zero-order valence-corrected chi connectivity index (χ0v) is 13.6. The lowest BCUT2D eigenvalue weighted by Crippen LogP contribution is -2.26. The van der Waals surface area contributed by atoms with Crippen LogP contribution >= 0.6 is 0 Å². The third kappa shape index (κ3) is 5.09. The van der Waals surface area contributed by atoms with Gasteiger partial charge in [-0.25, -0.2) is 4.39 Å². The minimum absolute atomic E-state index is 0.163. The molecule has 1 aliphatic rings. The van der Waals surface area contributed by atoms with Crippen LogP contribution in [0, 0.1) is 18.7 Å². The van der Waals surface area contributed by atoms with Crippen molar-refractivity contribution in [1.82, 2.24) is 4.90 Å². The summed E-state index contributed by atoms with van der Waals surface area (Å²) in [4.78, 5) is 13.9. The highest BCUT2D eigenvalue weighted by Crippen LogP contribution is 2.21. The molecule has 122 valence electrons. The summed E-state index contributed by atoms with van der Waals surface area (Å²) >= 11 is 0. The van der Waals surface area contributed by atoms with Crippen LogP contribution in [0.1, 0.15) is 43.2 Å². The Morgan fingerprint density at radius 3 is 2.77 bits per heavy atom. The highest BCUT2D eigenvalue weighted by Gasteiger charge is 2.15. The predicted octanol–water partition coefficient (Wildman–Crippen LogP) is 3.69. The molecule has 2 rings (SSSR count). The standard InChI is InChI=1S/C18H26FNO2/c1-14-12-17(19)7-6-16(14)13-20(2)18(21)5-3-4-15-8-10-22-11-9-15/h6-7,12,15H,3-5,8-11,13H2,1-2H3. The normalized spacial score (nSPS) is 15.8. The first-order chi connectivity index (χ1) is 10.6. The van der Waals surface area contributed by atoms with E-state index in [1.807, 2.05) is 14.0 Å². The average Bonchev–Trinajstić information content (AvgIpc) is 2.51. The van der Waals surface area contributed by atoms with E-state index < -0.39 is 0 Å². The number of carbonyl (C=O) groups excluding carboxylic acids is 1. The SMILES string of the molecule is Cc1cc(F)ccc1CN(C)C(=O)CCCC1CCOCC1. The van der Waals surface area contributed by atoms with Gasteiger partial charge in [0.2, 0.25) is 5.91 Å². The topological polar surface area (TPSA) is 29.5 Å². The minimum atomic E-state index is -0.230. The maximum atomic E-state index is 13.1. The number of amides is 1. The Morgan fingerprint density at radius 2 is 2.09 bits per heavy atom. The maximum Gasteiger partial charge on any atom is 0.222 e. The summed E-state index contributed by atoms with van der Waals surface area (Å²) in [5, 5.41) is 0. The molecule has 0 atom stereocenters. The zero-order chi connectivity index (χ0) is 15.9. The third-order valence-corrected chi connectivity index (χ3v) is 4.48. The molecular weight excluding hydrogens is 281 g/mol. The van der Waals surface area contributed by atoms with E-state index in [4.69, 9.17) is 4.74 Å². The summed E-state index contributed by atoms with van der Waals surface area (Å²) in [6.45, 7) is 4.15. The van der Waals surface area contributed by atoms with E-state index in [1.165, 1.54) is 12.1 Å². The van der Waals surface area contributed by atoms with E-state index in [1.54, 1.807) is 11.0 Å². The molecule has 1 saturated heterocycles. The van der Waals surface area contributed by atoms with E-state index >= 15 is 0 Å².